The Morgan fingerprint density at radius 3 is 1.99 bits per heavy atom. The van der Waals surface area contributed by atoms with Gasteiger partial charge in [0, 0.05) is 71.4 Å². The number of carbonyl (C=O) groups is 6. The molecule has 2 aromatic carbocycles. The van der Waals surface area contributed by atoms with Crippen LogP contribution in [0.4, 0.5) is 4.79 Å². The zero-order valence-electron chi connectivity index (χ0n) is 43.3. The number of carbonyl (C=O) groups excluding carboxylic acids is 6. The fourth-order valence-corrected chi connectivity index (χ4v) is 8.25. The van der Waals surface area contributed by atoms with Gasteiger partial charge in [-0.1, -0.05) is 60.7 Å². The Bertz CT molecular complexity index is 2640. The number of likely N-dealkylation sites (N-methyl/N-ethyl adjacent to an activating group) is 1. The van der Waals surface area contributed by atoms with E-state index in [4.69, 9.17) is 33.3 Å². The molecule has 1 fully saturated rings. The molecule has 2 N–H and O–H groups in total. The van der Waals surface area contributed by atoms with Gasteiger partial charge in [0.1, 0.15) is 34.7 Å². The maximum atomic E-state index is 14.7. The number of hydrogen-bond donors (Lipinski definition) is 2. The normalized spacial score (nSPS) is 13.9. The zero-order valence-corrected chi connectivity index (χ0v) is 43.3. The number of furan rings is 1. The highest BCUT2D eigenvalue weighted by Gasteiger charge is 2.34. The molecule has 5 aromatic rings. The van der Waals surface area contributed by atoms with Crippen LogP contribution in [0, 0.1) is 0 Å². The fourth-order valence-electron chi connectivity index (χ4n) is 8.25. The van der Waals surface area contributed by atoms with Crippen LogP contribution in [0.5, 0.6) is 5.88 Å². The van der Waals surface area contributed by atoms with Gasteiger partial charge in [-0.3, -0.25) is 33.3 Å². The van der Waals surface area contributed by atoms with Crippen LogP contribution in [0.1, 0.15) is 96.9 Å². The summed E-state index contributed by atoms with van der Waals surface area (Å²) in [6.45, 7) is 15.3. The van der Waals surface area contributed by atoms with Crippen molar-refractivity contribution in [2.24, 2.45) is 0 Å². The monoisotopic (exact) mass is 1010 g/mol. The maximum Gasteiger partial charge on any atom is 0.416 e. The molecule has 3 aromatic heterocycles. The summed E-state index contributed by atoms with van der Waals surface area (Å²) in [6, 6.07) is 20.4. The average Bonchev–Trinajstić information content (AvgIpc) is 3.97. The van der Waals surface area contributed by atoms with E-state index in [0.717, 1.165) is 24.2 Å². The molecule has 1 aliphatic heterocycles. The first-order valence-corrected chi connectivity index (χ1v) is 24.8. The minimum absolute atomic E-state index is 0.0914. The summed E-state index contributed by atoms with van der Waals surface area (Å²) in [5.74, 6) is -2.79. The average molecular weight is 1010 g/mol. The smallest absolute Gasteiger partial charge is 0.416 e. The molecule has 392 valence electrons. The van der Waals surface area contributed by atoms with Crippen molar-refractivity contribution in [2.45, 2.75) is 110 Å². The standard InChI is InChI=1S/C54H70N8O11/c1-37(63)55-42(34-46(64)72-53(2,3)4)49(66)58-43(35-47(65)73-54(5,6)7)50(67)59(8)23-16-25-61(26-17-24-60-27-30-69-31-28-60)52(68)71-51-44(33-40-22-15-29-70-40)57-48-41(32-38-18-11-9-12-19-38)56-45(36-62(48)51)39-20-13-10-14-21-39/h9-15,18-22,29,36,42-43H,16-17,23-28,30-35H2,1-8H3,(H,55,63)(H,58,66). The summed E-state index contributed by atoms with van der Waals surface area (Å²) in [4.78, 5) is 96.3. The van der Waals surface area contributed by atoms with Crippen molar-refractivity contribution in [1.82, 2.24) is 39.7 Å². The van der Waals surface area contributed by atoms with Crippen molar-refractivity contribution >= 4 is 41.4 Å². The highest BCUT2D eigenvalue weighted by molar-refractivity contribution is 5.95. The van der Waals surface area contributed by atoms with Crippen LogP contribution in [0.2, 0.25) is 0 Å². The second kappa shape index (κ2) is 25.5. The number of nitrogens with one attached hydrogen (secondary N) is 2. The molecule has 19 nitrogen and oxygen atoms in total. The fraction of sp³-hybridized carbons (Fsp3) is 0.481. The molecule has 0 bridgehead atoms. The lowest BCUT2D eigenvalue weighted by Crippen LogP contribution is -2.55. The lowest BCUT2D eigenvalue weighted by Gasteiger charge is -2.29. The number of aromatic nitrogens is 3. The van der Waals surface area contributed by atoms with Gasteiger partial charge in [-0.2, -0.15) is 0 Å². The number of morpholine rings is 1. The van der Waals surface area contributed by atoms with Gasteiger partial charge in [-0.15, -0.1) is 0 Å². The molecule has 1 aliphatic rings. The number of amides is 4. The van der Waals surface area contributed by atoms with Crippen molar-refractivity contribution in [2.75, 3.05) is 59.5 Å². The van der Waals surface area contributed by atoms with Gasteiger partial charge in [-0.05, 0) is 72.1 Å². The van der Waals surface area contributed by atoms with Crippen molar-refractivity contribution < 1.29 is 52.1 Å². The van der Waals surface area contributed by atoms with E-state index in [2.05, 4.69) is 15.5 Å². The Kier molecular flexibility index (Phi) is 19.3. The molecular formula is C54H70N8O11. The third-order valence-corrected chi connectivity index (χ3v) is 11.5. The van der Waals surface area contributed by atoms with Crippen molar-refractivity contribution in [1.29, 1.82) is 0 Å². The number of benzene rings is 2. The molecule has 4 heterocycles. The Balaban J connectivity index is 1.26. The second-order valence-corrected chi connectivity index (χ2v) is 20.1. The molecule has 0 spiro atoms. The van der Waals surface area contributed by atoms with Crippen LogP contribution in [-0.2, 0) is 51.0 Å². The highest BCUT2D eigenvalue weighted by Crippen LogP contribution is 2.30. The number of nitrogens with zero attached hydrogens (tertiary/aromatic N) is 6. The van der Waals surface area contributed by atoms with Gasteiger partial charge >= 0.3 is 18.0 Å². The molecular weight excluding hydrogens is 937 g/mol. The van der Waals surface area contributed by atoms with Crippen LogP contribution in [0.3, 0.4) is 0 Å². The summed E-state index contributed by atoms with van der Waals surface area (Å²) in [6.07, 6.45) is 3.26. The SMILES string of the molecule is CC(=O)NC(CC(=O)OC(C)(C)C)C(=O)NC(CC(=O)OC(C)(C)C)C(=O)N(C)CCCN(CCCN1CCOCC1)C(=O)Oc1c(Cc2ccco2)nc2c(Cc3ccccc3)nc(-c3ccccc3)cn12. The molecule has 0 aliphatic carbocycles. The largest absolute Gasteiger partial charge is 0.469 e. The van der Waals surface area contributed by atoms with Gasteiger partial charge in [0.2, 0.25) is 23.6 Å². The summed E-state index contributed by atoms with van der Waals surface area (Å²) >= 11 is 0. The minimum Gasteiger partial charge on any atom is -0.469 e. The van der Waals surface area contributed by atoms with E-state index in [-0.39, 0.29) is 31.8 Å². The summed E-state index contributed by atoms with van der Waals surface area (Å²) in [7, 11) is 1.52. The Hall–Kier alpha value is -7.12. The predicted molar refractivity (Wildman–Crippen MR) is 271 cm³/mol. The molecule has 19 heteroatoms. The first-order valence-electron chi connectivity index (χ1n) is 24.8. The van der Waals surface area contributed by atoms with E-state index < -0.39 is 71.9 Å². The van der Waals surface area contributed by atoms with E-state index in [1.807, 2.05) is 72.9 Å². The number of esters is 2. The van der Waals surface area contributed by atoms with E-state index in [1.165, 1.54) is 18.9 Å². The highest BCUT2D eigenvalue weighted by atomic mass is 16.6. The van der Waals surface area contributed by atoms with E-state index in [9.17, 15) is 28.8 Å². The number of hydrogen-bond acceptors (Lipinski definition) is 14. The van der Waals surface area contributed by atoms with Gasteiger partial charge in [0.15, 0.2) is 5.65 Å². The molecule has 4 amide bonds. The summed E-state index contributed by atoms with van der Waals surface area (Å²) in [5.41, 5.74) is 2.45. The van der Waals surface area contributed by atoms with Gasteiger partial charge in [0.05, 0.1) is 50.1 Å². The van der Waals surface area contributed by atoms with Crippen LogP contribution in [0.25, 0.3) is 16.9 Å². The first kappa shape index (κ1) is 55.2. The van der Waals surface area contributed by atoms with Gasteiger partial charge < -0.3 is 43.8 Å². The molecule has 2 unspecified atom stereocenters. The van der Waals surface area contributed by atoms with E-state index in [0.29, 0.717) is 67.6 Å². The molecule has 1 saturated heterocycles. The molecule has 73 heavy (non-hydrogen) atoms. The lowest BCUT2D eigenvalue weighted by atomic mass is 10.1. The molecule has 6 rings (SSSR count). The number of rotatable bonds is 22. The van der Waals surface area contributed by atoms with Crippen molar-refractivity contribution in [3.63, 3.8) is 0 Å². The Labute approximate surface area is 426 Å². The molecule has 2 atom stereocenters. The Morgan fingerprint density at radius 2 is 1.37 bits per heavy atom. The van der Waals surface area contributed by atoms with Gasteiger partial charge in [0.25, 0.3) is 0 Å². The molecule has 0 saturated carbocycles. The lowest BCUT2D eigenvalue weighted by molar-refractivity contribution is -0.159. The zero-order chi connectivity index (χ0) is 52.7. The molecule has 0 radical (unpaired) electrons. The third kappa shape index (κ3) is 17.3. The predicted octanol–water partition coefficient (Wildman–Crippen LogP) is 6.00. The van der Waals surface area contributed by atoms with E-state index in [1.54, 1.807) is 63.2 Å². The minimum atomic E-state index is -1.44. The topological polar surface area (TPSA) is 216 Å². The van der Waals surface area contributed by atoms with Crippen LogP contribution in [-0.4, -0.2) is 148 Å². The van der Waals surface area contributed by atoms with E-state index >= 15 is 0 Å². The summed E-state index contributed by atoms with van der Waals surface area (Å²) < 4.78 is 30.5. The number of imidazole rings is 1. The van der Waals surface area contributed by atoms with Crippen LogP contribution < -0.4 is 15.4 Å². The maximum absolute atomic E-state index is 14.7. The summed E-state index contributed by atoms with van der Waals surface area (Å²) in [5, 5.41) is 5.04. The van der Waals surface area contributed by atoms with Gasteiger partial charge in [-0.25, -0.2) is 14.8 Å². The van der Waals surface area contributed by atoms with Crippen LogP contribution in [0.15, 0.2) is 89.7 Å². The Morgan fingerprint density at radius 1 is 0.740 bits per heavy atom. The van der Waals surface area contributed by atoms with Crippen LogP contribution >= 0.6 is 0 Å². The number of fused-ring (bicyclic) bond motifs is 1. The number of ether oxygens (including phenoxy) is 4. The second-order valence-electron chi connectivity index (χ2n) is 20.1. The first-order chi connectivity index (χ1) is 34.7. The third-order valence-electron chi connectivity index (χ3n) is 11.5. The quantitative estimate of drug-likeness (QED) is 0.0762. The van der Waals surface area contributed by atoms with Crippen molar-refractivity contribution in [3.05, 3.63) is 108 Å². The van der Waals surface area contributed by atoms with Crippen molar-refractivity contribution in [3.8, 4) is 17.1 Å².